The van der Waals surface area contributed by atoms with Crippen molar-refractivity contribution in [2.45, 2.75) is 25.4 Å². The van der Waals surface area contributed by atoms with Gasteiger partial charge in [-0.2, -0.15) is 0 Å². The third-order valence-corrected chi connectivity index (χ3v) is 4.52. The maximum atomic E-state index is 12.6. The van der Waals surface area contributed by atoms with E-state index < -0.39 is 5.60 Å². The van der Waals surface area contributed by atoms with Gasteiger partial charge in [0.2, 0.25) is 0 Å². The SMILES string of the molecule is Cc1c(C(=O)NCC2(O)CCOCC2)cccc1-c1ccccn1. The van der Waals surface area contributed by atoms with E-state index in [-0.39, 0.29) is 12.5 Å². The number of pyridine rings is 1. The van der Waals surface area contributed by atoms with E-state index in [1.54, 1.807) is 12.3 Å². The summed E-state index contributed by atoms with van der Waals surface area (Å²) < 4.78 is 5.26. The Kier molecular flexibility index (Phi) is 4.92. The van der Waals surface area contributed by atoms with Crippen LogP contribution in [0.2, 0.25) is 0 Å². The van der Waals surface area contributed by atoms with Gasteiger partial charge in [-0.3, -0.25) is 9.78 Å². The molecule has 0 saturated carbocycles. The zero-order valence-electron chi connectivity index (χ0n) is 13.8. The second kappa shape index (κ2) is 7.11. The van der Waals surface area contributed by atoms with Gasteiger partial charge in [0, 0.05) is 49.9 Å². The van der Waals surface area contributed by atoms with Gasteiger partial charge in [0.05, 0.1) is 11.3 Å². The molecule has 1 amide bonds. The van der Waals surface area contributed by atoms with Crippen molar-refractivity contribution < 1.29 is 14.6 Å². The van der Waals surface area contributed by atoms with Gasteiger partial charge < -0.3 is 15.2 Å². The van der Waals surface area contributed by atoms with Crippen molar-refractivity contribution in [1.29, 1.82) is 0 Å². The number of nitrogens with zero attached hydrogens (tertiary/aromatic N) is 1. The van der Waals surface area contributed by atoms with Gasteiger partial charge in [-0.05, 0) is 30.7 Å². The Morgan fingerprint density at radius 3 is 2.75 bits per heavy atom. The van der Waals surface area contributed by atoms with E-state index >= 15 is 0 Å². The van der Waals surface area contributed by atoms with E-state index in [1.165, 1.54) is 0 Å². The molecule has 2 aromatic rings. The standard InChI is InChI=1S/C19H22N2O3/c1-14-15(17-7-2-3-10-20-17)5-4-6-16(14)18(22)21-13-19(23)8-11-24-12-9-19/h2-7,10,23H,8-9,11-13H2,1H3,(H,21,22). The largest absolute Gasteiger partial charge is 0.388 e. The van der Waals surface area contributed by atoms with Crippen molar-refractivity contribution >= 4 is 5.91 Å². The van der Waals surface area contributed by atoms with Crippen LogP contribution in [0.3, 0.4) is 0 Å². The highest BCUT2D eigenvalue weighted by Gasteiger charge is 2.30. The minimum Gasteiger partial charge on any atom is -0.388 e. The monoisotopic (exact) mass is 326 g/mol. The molecule has 1 saturated heterocycles. The van der Waals surface area contributed by atoms with Gasteiger partial charge in [-0.25, -0.2) is 0 Å². The van der Waals surface area contributed by atoms with E-state index in [1.807, 2.05) is 37.3 Å². The highest BCUT2D eigenvalue weighted by atomic mass is 16.5. The van der Waals surface area contributed by atoms with Crippen molar-refractivity contribution in [3.8, 4) is 11.3 Å². The predicted molar refractivity (Wildman–Crippen MR) is 91.7 cm³/mol. The molecule has 0 spiro atoms. The zero-order chi connectivity index (χ0) is 17.0. The molecule has 1 fully saturated rings. The predicted octanol–water partition coefficient (Wildman–Crippen LogP) is 2.33. The number of hydrogen-bond acceptors (Lipinski definition) is 4. The van der Waals surface area contributed by atoms with Crippen molar-refractivity contribution in [3.05, 3.63) is 53.7 Å². The van der Waals surface area contributed by atoms with E-state index in [9.17, 15) is 9.90 Å². The molecule has 1 aromatic carbocycles. The van der Waals surface area contributed by atoms with Crippen LogP contribution in [0, 0.1) is 6.92 Å². The summed E-state index contributed by atoms with van der Waals surface area (Å²) in [6.07, 6.45) is 2.82. The van der Waals surface area contributed by atoms with Crippen LogP contribution in [-0.4, -0.2) is 41.4 Å². The molecule has 0 radical (unpaired) electrons. The first-order valence-electron chi connectivity index (χ1n) is 8.18. The fraction of sp³-hybridized carbons (Fsp3) is 0.368. The third-order valence-electron chi connectivity index (χ3n) is 4.52. The molecule has 5 nitrogen and oxygen atoms in total. The van der Waals surface area contributed by atoms with E-state index in [4.69, 9.17) is 4.74 Å². The maximum Gasteiger partial charge on any atom is 0.251 e. The van der Waals surface area contributed by atoms with Crippen LogP contribution >= 0.6 is 0 Å². The van der Waals surface area contributed by atoms with Crippen LogP contribution in [0.4, 0.5) is 0 Å². The number of aliphatic hydroxyl groups is 1. The topological polar surface area (TPSA) is 71.5 Å². The van der Waals surface area contributed by atoms with E-state index in [0.29, 0.717) is 31.6 Å². The number of carbonyl (C=O) groups excluding carboxylic acids is 1. The molecule has 1 aliphatic rings. The fourth-order valence-corrected chi connectivity index (χ4v) is 2.95. The average molecular weight is 326 g/mol. The summed E-state index contributed by atoms with van der Waals surface area (Å²) >= 11 is 0. The molecule has 0 unspecified atom stereocenters. The summed E-state index contributed by atoms with van der Waals surface area (Å²) in [5, 5.41) is 13.3. The molecule has 0 aliphatic carbocycles. The number of benzene rings is 1. The Balaban J connectivity index is 1.76. The molecular weight excluding hydrogens is 304 g/mol. The summed E-state index contributed by atoms with van der Waals surface area (Å²) in [6.45, 7) is 3.21. The first-order chi connectivity index (χ1) is 11.6. The Hall–Kier alpha value is -2.24. The second-order valence-corrected chi connectivity index (χ2v) is 6.21. The number of nitrogens with one attached hydrogen (secondary N) is 1. The molecule has 24 heavy (non-hydrogen) atoms. The first kappa shape index (κ1) is 16.6. The normalized spacial score (nSPS) is 16.6. The third kappa shape index (κ3) is 3.63. The van der Waals surface area contributed by atoms with Gasteiger partial charge in [0.1, 0.15) is 0 Å². The Bertz CT molecular complexity index is 710. The van der Waals surface area contributed by atoms with Gasteiger partial charge in [-0.15, -0.1) is 0 Å². The van der Waals surface area contributed by atoms with Crippen molar-refractivity contribution in [1.82, 2.24) is 10.3 Å². The molecule has 0 atom stereocenters. The molecule has 1 aromatic heterocycles. The lowest BCUT2D eigenvalue weighted by atomic mass is 9.94. The van der Waals surface area contributed by atoms with Crippen molar-refractivity contribution in [3.63, 3.8) is 0 Å². The van der Waals surface area contributed by atoms with Crippen molar-refractivity contribution in [2.75, 3.05) is 19.8 Å². The molecule has 0 bridgehead atoms. The number of amides is 1. The van der Waals surface area contributed by atoms with Crippen LogP contribution in [0.1, 0.15) is 28.8 Å². The van der Waals surface area contributed by atoms with Crippen LogP contribution in [0.25, 0.3) is 11.3 Å². The Morgan fingerprint density at radius 2 is 2.04 bits per heavy atom. The lowest BCUT2D eigenvalue weighted by molar-refractivity contribution is -0.0605. The summed E-state index contributed by atoms with van der Waals surface area (Å²) in [7, 11) is 0. The molecule has 2 N–H and O–H groups in total. The highest BCUT2D eigenvalue weighted by Crippen LogP contribution is 2.24. The fourth-order valence-electron chi connectivity index (χ4n) is 2.95. The van der Waals surface area contributed by atoms with Crippen LogP contribution in [0.15, 0.2) is 42.6 Å². The summed E-state index contributed by atoms with van der Waals surface area (Å²) in [5.41, 5.74) is 2.39. The molecule has 5 heteroatoms. The first-order valence-corrected chi connectivity index (χ1v) is 8.18. The number of aromatic nitrogens is 1. The van der Waals surface area contributed by atoms with Crippen LogP contribution < -0.4 is 5.32 Å². The second-order valence-electron chi connectivity index (χ2n) is 6.21. The Morgan fingerprint density at radius 1 is 1.25 bits per heavy atom. The number of ether oxygens (including phenoxy) is 1. The van der Waals surface area contributed by atoms with Gasteiger partial charge in [-0.1, -0.05) is 18.2 Å². The van der Waals surface area contributed by atoms with E-state index in [0.717, 1.165) is 16.8 Å². The maximum absolute atomic E-state index is 12.6. The molecule has 1 aliphatic heterocycles. The lowest BCUT2D eigenvalue weighted by Gasteiger charge is -2.32. The van der Waals surface area contributed by atoms with Gasteiger partial charge in [0.25, 0.3) is 5.91 Å². The quantitative estimate of drug-likeness (QED) is 0.904. The minimum absolute atomic E-state index is 0.176. The van der Waals surface area contributed by atoms with Crippen LogP contribution in [-0.2, 0) is 4.74 Å². The Labute approximate surface area is 141 Å². The number of hydrogen-bond donors (Lipinski definition) is 2. The number of carbonyl (C=O) groups is 1. The average Bonchev–Trinajstić information content (AvgIpc) is 2.61. The number of rotatable bonds is 4. The van der Waals surface area contributed by atoms with Gasteiger partial charge in [0.15, 0.2) is 0 Å². The lowest BCUT2D eigenvalue weighted by Crippen LogP contribution is -2.46. The summed E-state index contributed by atoms with van der Waals surface area (Å²) in [4.78, 5) is 16.9. The van der Waals surface area contributed by atoms with Crippen molar-refractivity contribution in [2.24, 2.45) is 0 Å². The summed E-state index contributed by atoms with van der Waals surface area (Å²) in [6, 6.07) is 11.3. The molecule has 126 valence electrons. The van der Waals surface area contributed by atoms with Gasteiger partial charge >= 0.3 is 0 Å². The summed E-state index contributed by atoms with van der Waals surface area (Å²) in [5.74, 6) is -0.176. The highest BCUT2D eigenvalue weighted by molar-refractivity contribution is 5.97. The smallest absolute Gasteiger partial charge is 0.251 e. The van der Waals surface area contributed by atoms with Crippen LogP contribution in [0.5, 0.6) is 0 Å². The zero-order valence-corrected chi connectivity index (χ0v) is 13.8. The molecular formula is C19H22N2O3. The molecule has 2 heterocycles. The minimum atomic E-state index is -0.875. The van der Waals surface area contributed by atoms with E-state index in [2.05, 4.69) is 10.3 Å². The molecule has 3 rings (SSSR count).